The molecular weight excluding hydrogens is 252 g/mol. The van der Waals surface area contributed by atoms with E-state index in [-0.39, 0.29) is 18.1 Å². The predicted molar refractivity (Wildman–Crippen MR) is 78.7 cm³/mol. The molecule has 0 bridgehead atoms. The molecule has 0 aliphatic heterocycles. The second-order valence-corrected chi connectivity index (χ2v) is 4.52. The summed E-state index contributed by atoms with van der Waals surface area (Å²) in [6.07, 6.45) is 1.71. The quantitative estimate of drug-likeness (QED) is 0.660. The third-order valence-electron chi connectivity index (χ3n) is 2.78. The van der Waals surface area contributed by atoms with Gasteiger partial charge in [0.05, 0.1) is 12.6 Å². The van der Waals surface area contributed by atoms with Crippen molar-refractivity contribution in [2.24, 2.45) is 5.10 Å². The van der Waals surface area contributed by atoms with Gasteiger partial charge in [-0.1, -0.05) is 42.0 Å². The summed E-state index contributed by atoms with van der Waals surface area (Å²) >= 11 is 0. The molecule has 0 atom stereocenters. The third kappa shape index (κ3) is 3.95. The monoisotopic (exact) mass is 268 g/mol. The van der Waals surface area contributed by atoms with Crippen LogP contribution in [0.3, 0.4) is 0 Å². The Morgan fingerprint density at radius 3 is 2.75 bits per heavy atom. The highest BCUT2D eigenvalue weighted by Gasteiger charge is 2.01. The Morgan fingerprint density at radius 2 is 2.00 bits per heavy atom. The molecule has 2 N–H and O–H groups in total. The largest absolute Gasteiger partial charge is 0.507 e. The SMILES string of the molecule is Cc1ccc(O)c(/C=N/NC(=O)Cc2ccccc2)c1. The highest BCUT2D eigenvalue weighted by Crippen LogP contribution is 2.15. The number of benzene rings is 2. The van der Waals surface area contributed by atoms with Crippen LogP contribution in [-0.4, -0.2) is 17.2 Å². The standard InChI is InChI=1S/C16H16N2O2/c1-12-7-8-15(19)14(9-12)11-17-18-16(20)10-13-5-3-2-4-6-13/h2-9,11,19H,10H2,1H3,(H,18,20)/b17-11+. The number of phenolic OH excluding ortho intramolecular Hbond substituents is 1. The lowest BCUT2D eigenvalue weighted by molar-refractivity contribution is -0.120. The molecule has 0 heterocycles. The molecule has 0 unspecified atom stereocenters. The van der Waals surface area contributed by atoms with E-state index in [1.165, 1.54) is 6.21 Å². The van der Waals surface area contributed by atoms with Crippen molar-refractivity contribution in [2.75, 3.05) is 0 Å². The minimum atomic E-state index is -0.195. The molecule has 0 saturated carbocycles. The smallest absolute Gasteiger partial charge is 0.244 e. The molecule has 0 fully saturated rings. The minimum Gasteiger partial charge on any atom is -0.507 e. The van der Waals surface area contributed by atoms with E-state index in [4.69, 9.17) is 0 Å². The van der Waals surface area contributed by atoms with Gasteiger partial charge in [-0.2, -0.15) is 5.10 Å². The van der Waals surface area contributed by atoms with Crippen molar-refractivity contribution < 1.29 is 9.90 Å². The maximum Gasteiger partial charge on any atom is 0.244 e. The maximum absolute atomic E-state index is 11.7. The summed E-state index contributed by atoms with van der Waals surface area (Å²) in [5, 5.41) is 13.5. The van der Waals surface area contributed by atoms with E-state index < -0.39 is 0 Å². The second kappa shape index (κ2) is 6.52. The Kier molecular flexibility index (Phi) is 4.50. The number of phenols is 1. The first-order chi connectivity index (χ1) is 9.65. The number of hydrazone groups is 1. The van der Waals surface area contributed by atoms with E-state index in [1.54, 1.807) is 18.2 Å². The highest BCUT2D eigenvalue weighted by molar-refractivity contribution is 5.85. The number of rotatable bonds is 4. The number of hydrogen-bond donors (Lipinski definition) is 2. The average Bonchev–Trinajstić information content (AvgIpc) is 2.44. The Hall–Kier alpha value is -2.62. The molecule has 0 radical (unpaired) electrons. The number of carbonyl (C=O) groups excluding carboxylic acids is 1. The molecule has 0 spiro atoms. The number of hydrogen-bond acceptors (Lipinski definition) is 3. The summed E-state index contributed by atoms with van der Waals surface area (Å²) in [6.45, 7) is 1.92. The lowest BCUT2D eigenvalue weighted by Gasteiger charge is -2.01. The van der Waals surface area contributed by atoms with Gasteiger partial charge in [0.2, 0.25) is 5.91 Å². The normalized spacial score (nSPS) is 10.7. The first-order valence-corrected chi connectivity index (χ1v) is 6.30. The molecule has 0 aromatic heterocycles. The molecule has 0 aliphatic rings. The van der Waals surface area contributed by atoms with Crippen LogP contribution in [0.2, 0.25) is 0 Å². The number of aryl methyl sites for hydroxylation is 1. The lowest BCUT2D eigenvalue weighted by atomic mass is 10.1. The number of nitrogens with one attached hydrogen (secondary N) is 1. The van der Waals surface area contributed by atoms with Crippen LogP contribution in [0.1, 0.15) is 16.7 Å². The molecule has 4 heteroatoms. The summed E-state index contributed by atoms with van der Waals surface area (Å²) in [6, 6.07) is 14.6. The van der Waals surface area contributed by atoms with Crippen molar-refractivity contribution in [3.63, 3.8) is 0 Å². The van der Waals surface area contributed by atoms with Crippen molar-refractivity contribution >= 4 is 12.1 Å². The van der Waals surface area contributed by atoms with Gasteiger partial charge in [-0.05, 0) is 24.6 Å². The lowest BCUT2D eigenvalue weighted by Crippen LogP contribution is -2.19. The maximum atomic E-state index is 11.7. The van der Waals surface area contributed by atoms with Gasteiger partial charge >= 0.3 is 0 Å². The number of aromatic hydroxyl groups is 1. The topological polar surface area (TPSA) is 61.7 Å². The number of nitrogens with zero attached hydrogens (tertiary/aromatic N) is 1. The van der Waals surface area contributed by atoms with Gasteiger partial charge < -0.3 is 5.11 Å². The van der Waals surface area contributed by atoms with E-state index in [1.807, 2.05) is 37.3 Å². The van der Waals surface area contributed by atoms with Crippen LogP contribution in [0, 0.1) is 6.92 Å². The fourth-order valence-electron chi connectivity index (χ4n) is 1.77. The predicted octanol–water partition coefficient (Wildman–Crippen LogP) is 2.39. The molecule has 2 rings (SSSR count). The zero-order valence-electron chi connectivity index (χ0n) is 11.2. The van der Waals surface area contributed by atoms with E-state index in [2.05, 4.69) is 10.5 Å². The Balaban J connectivity index is 1.93. The van der Waals surface area contributed by atoms with Gasteiger partial charge in [-0.15, -0.1) is 0 Å². The van der Waals surface area contributed by atoms with Crippen LogP contribution in [0.15, 0.2) is 53.6 Å². The second-order valence-electron chi connectivity index (χ2n) is 4.52. The number of amides is 1. The van der Waals surface area contributed by atoms with Crippen molar-refractivity contribution in [1.82, 2.24) is 5.43 Å². The van der Waals surface area contributed by atoms with Crippen LogP contribution >= 0.6 is 0 Å². The van der Waals surface area contributed by atoms with Crippen LogP contribution in [-0.2, 0) is 11.2 Å². The summed E-state index contributed by atoms with van der Waals surface area (Å²) in [5.41, 5.74) is 4.96. The third-order valence-corrected chi connectivity index (χ3v) is 2.78. The van der Waals surface area contributed by atoms with E-state index >= 15 is 0 Å². The highest BCUT2D eigenvalue weighted by atomic mass is 16.3. The van der Waals surface area contributed by atoms with Gasteiger partial charge in [0.1, 0.15) is 5.75 Å². The fraction of sp³-hybridized carbons (Fsp3) is 0.125. The van der Waals surface area contributed by atoms with E-state index in [0.29, 0.717) is 5.56 Å². The van der Waals surface area contributed by atoms with Crippen molar-refractivity contribution in [2.45, 2.75) is 13.3 Å². The first kappa shape index (κ1) is 13.8. The summed E-state index contributed by atoms with van der Waals surface area (Å²) in [5.74, 6) is -0.0590. The molecule has 0 aliphatic carbocycles. The van der Waals surface area contributed by atoms with Gasteiger partial charge in [0.25, 0.3) is 0 Å². The summed E-state index contributed by atoms with van der Waals surface area (Å²) in [4.78, 5) is 11.7. The zero-order valence-corrected chi connectivity index (χ0v) is 11.2. The van der Waals surface area contributed by atoms with Gasteiger partial charge in [0.15, 0.2) is 0 Å². The molecule has 2 aromatic carbocycles. The van der Waals surface area contributed by atoms with E-state index in [0.717, 1.165) is 11.1 Å². The Bertz CT molecular complexity index is 622. The summed E-state index contributed by atoms with van der Waals surface area (Å²) < 4.78 is 0. The molecule has 2 aromatic rings. The fourth-order valence-corrected chi connectivity index (χ4v) is 1.77. The van der Waals surface area contributed by atoms with Crippen molar-refractivity contribution in [3.8, 4) is 5.75 Å². The van der Waals surface area contributed by atoms with E-state index in [9.17, 15) is 9.90 Å². The zero-order chi connectivity index (χ0) is 14.4. The molecular formula is C16H16N2O2. The van der Waals surface area contributed by atoms with Crippen LogP contribution in [0.25, 0.3) is 0 Å². The van der Waals surface area contributed by atoms with Crippen molar-refractivity contribution in [1.29, 1.82) is 0 Å². The molecule has 1 amide bonds. The first-order valence-electron chi connectivity index (χ1n) is 6.30. The molecule has 20 heavy (non-hydrogen) atoms. The Labute approximate surface area is 117 Å². The minimum absolute atomic E-state index is 0.136. The Morgan fingerprint density at radius 1 is 1.25 bits per heavy atom. The van der Waals surface area contributed by atoms with Gasteiger partial charge in [-0.25, -0.2) is 5.43 Å². The van der Waals surface area contributed by atoms with Crippen molar-refractivity contribution in [3.05, 3.63) is 65.2 Å². The molecule has 102 valence electrons. The molecule has 0 saturated heterocycles. The van der Waals surface area contributed by atoms with Crippen LogP contribution in [0.5, 0.6) is 5.75 Å². The van der Waals surface area contributed by atoms with Crippen LogP contribution in [0.4, 0.5) is 0 Å². The molecule has 4 nitrogen and oxygen atoms in total. The van der Waals surface area contributed by atoms with Gasteiger partial charge in [0, 0.05) is 5.56 Å². The average molecular weight is 268 g/mol. The number of carbonyl (C=O) groups is 1. The van der Waals surface area contributed by atoms with Crippen LogP contribution < -0.4 is 5.43 Å². The summed E-state index contributed by atoms with van der Waals surface area (Å²) in [7, 11) is 0. The van der Waals surface area contributed by atoms with Gasteiger partial charge in [-0.3, -0.25) is 4.79 Å².